The number of aromatic nitrogens is 2. The van der Waals surface area contributed by atoms with Gasteiger partial charge in [0.2, 0.25) is 5.91 Å². The zero-order chi connectivity index (χ0) is 19.5. The van der Waals surface area contributed by atoms with Gasteiger partial charge < -0.3 is 10.2 Å². The Bertz CT molecular complexity index is 991. The molecule has 0 unspecified atom stereocenters. The lowest BCUT2D eigenvalue weighted by molar-refractivity contribution is -0.127. The number of hydrogen-bond donors (Lipinski definition) is 1. The minimum Gasteiger partial charge on any atom is -0.367 e. The lowest BCUT2D eigenvalue weighted by Crippen LogP contribution is -2.27. The van der Waals surface area contributed by atoms with Gasteiger partial charge >= 0.3 is 0 Å². The summed E-state index contributed by atoms with van der Waals surface area (Å²) in [5, 5.41) is 5.14. The van der Waals surface area contributed by atoms with Crippen LogP contribution in [-0.4, -0.2) is 39.6 Å². The number of benzene rings is 2. The maximum Gasteiger partial charge on any atom is 0.233 e. The van der Waals surface area contributed by atoms with Crippen LogP contribution >= 0.6 is 27.7 Å². The number of rotatable bonds is 7. The zero-order valence-corrected chi connectivity index (χ0v) is 18.0. The summed E-state index contributed by atoms with van der Waals surface area (Å²) in [5.41, 5.74) is 2.00. The number of para-hydroxylation sites is 1. The lowest BCUT2D eigenvalue weighted by Gasteiger charge is -2.17. The van der Waals surface area contributed by atoms with E-state index < -0.39 is 0 Å². The molecule has 0 spiro atoms. The van der Waals surface area contributed by atoms with Crippen LogP contribution in [0.4, 0.5) is 5.82 Å². The van der Waals surface area contributed by atoms with Gasteiger partial charge in [0.25, 0.3) is 0 Å². The Morgan fingerprint density at radius 2 is 1.93 bits per heavy atom. The van der Waals surface area contributed by atoms with Crippen molar-refractivity contribution in [2.75, 3.05) is 18.1 Å². The maximum absolute atomic E-state index is 12.5. The first-order chi connectivity index (χ1) is 13.6. The summed E-state index contributed by atoms with van der Waals surface area (Å²) in [4.78, 5) is 23.6. The number of nitrogens with one attached hydrogen (secondary N) is 1. The molecule has 7 heteroatoms. The fourth-order valence-electron chi connectivity index (χ4n) is 2.84. The first-order valence-corrected chi connectivity index (χ1v) is 11.0. The van der Waals surface area contributed by atoms with E-state index >= 15 is 0 Å². The number of halogens is 1. The number of amides is 1. The van der Waals surface area contributed by atoms with Crippen LogP contribution in [0.1, 0.15) is 18.4 Å². The molecule has 1 N–H and O–H groups in total. The number of hydrogen-bond acceptors (Lipinski definition) is 5. The van der Waals surface area contributed by atoms with Crippen LogP contribution in [0.2, 0.25) is 0 Å². The quantitative estimate of drug-likeness (QED) is 0.411. The smallest absolute Gasteiger partial charge is 0.233 e. The van der Waals surface area contributed by atoms with E-state index in [1.165, 1.54) is 24.6 Å². The molecule has 5 nitrogen and oxygen atoms in total. The molecule has 0 aliphatic heterocycles. The van der Waals surface area contributed by atoms with E-state index in [9.17, 15) is 4.79 Å². The monoisotopic (exact) mass is 456 g/mol. The molecule has 0 bridgehead atoms. The van der Waals surface area contributed by atoms with Crippen molar-refractivity contribution in [1.29, 1.82) is 0 Å². The van der Waals surface area contributed by atoms with Gasteiger partial charge in [-0.2, -0.15) is 0 Å². The molecule has 4 rings (SSSR count). The van der Waals surface area contributed by atoms with Gasteiger partial charge in [0.05, 0.1) is 11.3 Å². The molecule has 1 fully saturated rings. The average Bonchev–Trinajstić information content (AvgIpc) is 3.52. The van der Waals surface area contributed by atoms with Crippen molar-refractivity contribution in [2.24, 2.45) is 0 Å². The van der Waals surface area contributed by atoms with Crippen molar-refractivity contribution in [3.63, 3.8) is 0 Å². The Labute approximate surface area is 177 Å². The van der Waals surface area contributed by atoms with Crippen molar-refractivity contribution >= 4 is 50.3 Å². The highest BCUT2D eigenvalue weighted by molar-refractivity contribution is 9.10. The van der Waals surface area contributed by atoms with E-state index in [2.05, 4.69) is 31.2 Å². The normalized spacial score (nSPS) is 13.5. The molecule has 2 aromatic carbocycles. The third-order valence-corrected chi connectivity index (χ3v) is 5.95. The highest BCUT2D eigenvalue weighted by Gasteiger charge is 2.23. The molecule has 1 saturated carbocycles. The van der Waals surface area contributed by atoms with Crippen LogP contribution in [0.25, 0.3) is 10.9 Å². The van der Waals surface area contributed by atoms with Crippen LogP contribution in [-0.2, 0) is 11.3 Å². The molecule has 28 heavy (non-hydrogen) atoms. The maximum atomic E-state index is 12.5. The summed E-state index contributed by atoms with van der Waals surface area (Å²) in [6.07, 6.45) is 2.36. The van der Waals surface area contributed by atoms with E-state index in [1.807, 2.05) is 55.6 Å². The summed E-state index contributed by atoms with van der Waals surface area (Å²) >= 11 is 4.82. The molecule has 1 aliphatic carbocycles. The van der Waals surface area contributed by atoms with Gasteiger partial charge in [-0.25, -0.2) is 9.97 Å². The van der Waals surface area contributed by atoms with Crippen LogP contribution < -0.4 is 5.32 Å². The van der Waals surface area contributed by atoms with Crippen LogP contribution in [0.5, 0.6) is 0 Å². The van der Waals surface area contributed by atoms with Gasteiger partial charge in [-0.1, -0.05) is 52.0 Å². The second-order valence-electron chi connectivity index (χ2n) is 6.96. The number of carbonyl (C=O) groups is 1. The molecule has 1 heterocycles. The third kappa shape index (κ3) is 4.83. The van der Waals surface area contributed by atoms with Crippen LogP contribution in [0.15, 0.2) is 58.2 Å². The molecule has 1 aromatic heterocycles. The predicted molar refractivity (Wildman–Crippen MR) is 118 cm³/mol. The van der Waals surface area contributed by atoms with Crippen molar-refractivity contribution in [3.8, 4) is 0 Å². The van der Waals surface area contributed by atoms with E-state index in [-0.39, 0.29) is 5.91 Å². The summed E-state index contributed by atoms with van der Waals surface area (Å²) in [6, 6.07) is 16.5. The van der Waals surface area contributed by atoms with Gasteiger partial charge in [0.15, 0.2) is 5.16 Å². The molecule has 0 radical (unpaired) electrons. The Hall–Kier alpha value is -2.12. The topological polar surface area (TPSA) is 58.1 Å². The predicted octanol–water partition coefficient (Wildman–Crippen LogP) is 4.72. The van der Waals surface area contributed by atoms with Gasteiger partial charge in [-0.15, -0.1) is 0 Å². The number of nitrogens with zero attached hydrogens (tertiary/aromatic N) is 3. The minimum absolute atomic E-state index is 0.0568. The fraction of sp³-hybridized carbons (Fsp3) is 0.286. The fourth-order valence-corrected chi connectivity index (χ4v) is 3.90. The Morgan fingerprint density at radius 1 is 1.18 bits per heavy atom. The summed E-state index contributed by atoms with van der Waals surface area (Å²) in [7, 11) is 1.83. The second kappa shape index (κ2) is 8.49. The van der Waals surface area contributed by atoms with E-state index in [0.717, 1.165) is 26.8 Å². The van der Waals surface area contributed by atoms with Crippen molar-refractivity contribution in [3.05, 3.63) is 58.6 Å². The third-order valence-electron chi connectivity index (χ3n) is 4.58. The first kappa shape index (κ1) is 19.2. The molecule has 0 atom stereocenters. The molecule has 3 aromatic rings. The van der Waals surface area contributed by atoms with Crippen LogP contribution in [0.3, 0.4) is 0 Å². The van der Waals surface area contributed by atoms with Gasteiger partial charge in [-0.05, 0) is 42.7 Å². The Morgan fingerprint density at radius 3 is 2.68 bits per heavy atom. The molecule has 0 saturated heterocycles. The number of thioether (sulfide) groups is 1. The molecule has 1 amide bonds. The average molecular weight is 457 g/mol. The van der Waals surface area contributed by atoms with Crippen molar-refractivity contribution in [2.45, 2.75) is 30.6 Å². The van der Waals surface area contributed by atoms with E-state index in [4.69, 9.17) is 0 Å². The highest BCUT2D eigenvalue weighted by Crippen LogP contribution is 2.29. The standard InChI is InChI=1S/C21H21BrN4OS/c1-26(12-14-6-8-15(22)9-7-14)19(27)13-28-21-24-18-5-3-2-4-17(18)20(25-21)23-16-10-11-16/h2-9,16H,10-13H2,1H3,(H,23,24,25). The van der Waals surface area contributed by atoms with Crippen molar-refractivity contribution in [1.82, 2.24) is 14.9 Å². The Balaban J connectivity index is 1.42. The number of fused-ring (bicyclic) bond motifs is 1. The van der Waals surface area contributed by atoms with Gasteiger partial charge in [0.1, 0.15) is 5.82 Å². The van der Waals surface area contributed by atoms with E-state index in [0.29, 0.717) is 23.5 Å². The molecular weight excluding hydrogens is 436 g/mol. The van der Waals surface area contributed by atoms with Gasteiger partial charge in [0, 0.05) is 29.5 Å². The summed E-state index contributed by atoms with van der Waals surface area (Å²) < 4.78 is 1.03. The van der Waals surface area contributed by atoms with Crippen LogP contribution in [0, 0.1) is 0 Å². The SMILES string of the molecule is CN(Cc1ccc(Br)cc1)C(=O)CSc1nc(NC2CC2)c2ccccc2n1. The van der Waals surface area contributed by atoms with Crippen molar-refractivity contribution < 1.29 is 4.79 Å². The lowest BCUT2D eigenvalue weighted by atomic mass is 10.2. The minimum atomic E-state index is 0.0568. The number of carbonyl (C=O) groups excluding carboxylic acids is 1. The Kier molecular flexibility index (Phi) is 5.82. The molecular formula is C21H21BrN4OS. The zero-order valence-electron chi connectivity index (χ0n) is 15.6. The second-order valence-corrected chi connectivity index (χ2v) is 8.81. The number of anilines is 1. The van der Waals surface area contributed by atoms with E-state index in [1.54, 1.807) is 4.90 Å². The first-order valence-electron chi connectivity index (χ1n) is 9.23. The molecule has 1 aliphatic rings. The van der Waals surface area contributed by atoms with Gasteiger partial charge in [-0.3, -0.25) is 4.79 Å². The largest absolute Gasteiger partial charge is 0.367 e. The molecule has 144 valence electrons. The summed E-state index contributed by atoms with van der Waals surface area (Å²) in [5.74, 6) is 1.24. The highest BCUT2D eigenvalue weighted by atomic mass is 79.9. The summed E-state index contributed by atoms with van der Waals surface area (Å²) in [6.45, 7) is 0.583.